The lowest BCUT2D eigenvalue weighted by Crippen LogP contribution is -2.50. The van der Waals surface area contributed by atoms with E-state index in [1.54, 1.807) is 5.57 Å². The standard InChI is InChI=1S/C28H48O2/c1-20(2)7-5-6-8-21-10-12-25-24-11-9-22-19-23(30-18-17-29)13-15-28(22,4)26(24)14-16-27(21,25)3/h9,20-21,23-26,29H,5-8,10-19H2,1-4H3. The number of ether oxygens (including phenoxy) is 1. The van der Waals surface area contributed by atoms with Gasteiger partial charge in [-0.15, -0.1) is 0 Å². The quantitative estimate of drug-likeness (QED) is 0.336. The lowest BCUT2D eigenvalue weighted by Gasteiger charge is -2.58. The van der Waals surface area contributed by atoms with E-state index in [9.17, 15) is 0 Å². The fraction of sp³-hybridized carbons (Fsp3) is 0.929. The molecule has 4 aliphatic carbocycles. The van der Waals surface area contributed by atoms with Crippen molar-refractivity contribution in [2.75, 3.05) is 13.2 Å². The molecule has 0 saturated heterocycles. The van der Waals surface area contributed by atoms with Crippen molar-refractivity contribution in [3.05, 3.63) is 11.6 Å². The molecule has 0 aromatic heterocycles. The zero-order chi connectivity index (χ0) is 21.4. The van der Waals surface area contributed by atoms with Crippen LogP contribution in [0.4, 0.5) is 0 Å². The second-order valence-corrected chi connectivity index (χ2v) is 12.2. The number of unbranched alkanes of at least 4 members (excludes halogenated alkanes) is 1. The summed E-state index contributed by atoms with van der Waals surface area (Å²) in [5, 5.41) is 9.12. The third kappa shape index (κ3) is 4.17. The van der Waals surface area contributed by atoms with E-state index in [1.807, 2.05) is 0 Å². The van der Waals surface area contributed by atoms with Gasteiger partial charge in [-0.1, -0.05) is 58.6 Å². The molecule has 3 fully saturated rings. The zero-order valence-corrected chi connectivity index (χ0v) is 20.3. The van der Waals surface area contributed by atoms with E-state index in [1.165, 1.54) is 70.6 Å². The van der Waals surface area contributed by atoms with Crippen molar-refractivity contribution >= 4 is 0 Å². The summed E-state index contributed by atoms with van der Waals surface area (Å²) in [4.78, 5) is 0. The first-order chi connectivity index (χ1) is 14.4. The smallest absolute Gasteiger partial charge is 0.0701 e. The summed E-state index contributed by atoms with van der Waals surface area (Å²) in [6, 6.07) is 0. The van der Waals surface area contributed by atoms with Crippen molar-refractivity contribution in [1.82, 2.24) is 0 Å². The topological polar surface area (TPSA) is 29.5 Å². The third-order valence-electron chi connectivity index (χ3n) is 10.3. The number of allylic oxidation sites excluding steroid dienone is 1. The van der Waals surface area contributed by atoms with Gasteiger partial charge in [-0.3, -0.25) is 0 Å². The Bertz CT molecular complexity index is 610. The van der Waals surface area contributed by atoms with Crippen LogP contribution >= 0.6 is 0 Å². The van der Waals surface area contributed by atoms with E-state index in [4.69, 9.17) is 9.84 Å². The predicted octanol–water partition coefficient (Wildman–Crippen LogP) is 7.16. The van der Waals surface area contributed by atoms with Crippen LogP contribution in [-0.2, 0) is 4.74 Å². The first-order valence-electron chi connectivity index (χ1n) is 13.3. The molecule has 0 aromatic carbocycles. The lowest BCUT2D eigenvalue weighted by molar-refractivity contribution is -0.0610. The molecule has 0 aliphatic heterocycles. The van der Waals surface area contributed by atoms with Crippen molar-refractivity contribution in [3.63, 3.8) is 0 Å². The molecule has 2 nitrogen and oxygen atoms in total. The molecular weight excluding hydrogens is 368 g/mol. The van der Waals surface area contributed by atoms with E-state index in [2.05, 4.69) is 33.8 Å². The Morgan fingerprint density at radius 1 is 1.07 bits per heavy atom. The number of fused-ring (bicyclic) bond motifs is 5. The number of aliphatic hydroxyl groups is 1. The second kappa shape index (κ2) is 9.26. The Balaban J connectivity index is 1.42. The average molecular weight is 417 g/mol. The molecule has 0 bridgehead atoms. The minimum Gasteiger partial charge on any atom is -0.394 e. The highest BCUT2D eigenvalue weighted by Gasteiger charge is 2.58. The number of aliphatic hydroxyl groups excluding tert-OH is 1. The Morgan fingerprint density at radius 3 is 2.67 bits per heavy atom. The monoisotopic (exact) mass is 416 g/mol. The van der Waals surface area contributed by atoms with Crippen LogP contribution in [0.3, 0.4) is 0 Å². The van der Waals surface area contributed by atoms with Crippen molar-refractivity contribution in [2.24, 2.45) is 40.4 Å². The van der Waals surface area contributed by atoms with Gasteiger partial charge in [0, 0.05) is 0 Å². The Labute approximate surface area is 186 Å². The van der Waals surface area contributed by atoms with Crippen LogP contribution in [0.5, 0.6) is 0 Å². The van der Waals surface area contributed by atoms with Gasteiger partial charge in [0.1, 0.15) is 0 Å². The Hall–Kier alpha value is -0.340. The maximum absolute atomic E-state index is 9.12. The summed E-state index contributed by atoms with van der Waals surface area (Å²) in [6.07, 6.45) is 19.6. The van der Waals surface area contributed by atoms with Gasteiger partial charge in [-0.25, -0.2) is 0 Å². The van der Waals surface area contributed by atoms with E-state index >= 15 is 0 Å². The number of hydrogen-bond donors (Lipinski definition) is 1. The molecule has 1 N–H and O–H groups in total. The molecule has 3 saturated carbocycles. The predicted molar refractivity (Wildman–Crippen MR) is 125 cm³/mol. The molecule has 172 valence electrons. The van der Waals surface area contributed by atoms with Crippen molar-refractivity contribution in [3.8, 4) is 0 Å². The molecular formula is C28H48O2. The fourth-order valence-electron chi connectivity index (χ4n) is 8.52. The molecule has 0 aromatic rings. The Morgan fingerprint density at radius 2 is 1.90 bits per heavy atom. The molecule has 30 heavy (non-hydrogen) atoms. The molecule has 7 atom stereocenters. The lowest BCUT2D eigenvalue weighted by atomic mass is 9.47. The van der Waals surface area contributed by atoms with Gasteiger partial charge in [-0.2, -0.15) is 0 Å². The molecule has 0 heterocycles. The largest absolute Gasteiger partial charge is 0.394 e. The van der Waals surface area contributed by atoms with Crippen molar-refractivity contribution in [2.45, 2.75) is 111 Å². The van der Waals surface area contributed by atoms with E-state index < -0.39 is 0 Å². The van der Waals surface area contributed by atoms with Gasteiger partial charge in [0.15, 0.2) is 0 Å². The zero-order valence-electron chi connectivity index (χ0n) is 20.3. The van der Waals surface area contributed by atoms with Crippen LogP contribution < -0.4 is 0 Å². The van der Waals surface area contributed by atoms with Crippen molar-refractivity contribution < 1.29 is 9.84 Å². The van der Waals surface area contributed by atoms with Gasteiger partial charge < -0.3 is 9.84 Å². The molecule has 0 amide bonds. The van der Waals surface area contributed by atoms with Crippen LogP contribution in [0.15, 0.2) is 11.6 Å². The highest BCUT2D eigenvalue weighted by Crippen LogP contribution is 2.66. The van der Waals surface area contributed by atoms with Crippen LogP contribution in [0, 0.1) is 40.4 Å². The molecule has 4 rings (SSSR count). The molecule has 2 heteroatoms. The van der Waals surface area contributed by atoms with Gasteiger partial charge in [0.05, 0.1) is 19.3 Å². The van der Waals surface area contributed by atoms with Gasteiger partial charge in [-0.05, 0) is 98.2 Å². The maximum atomic E-state index is 9.12. The van der Waals surface area contributed by atoms with Gasteiger partial charge >= 0.3 is 0 Å². The highest BCUT2D eigenvalue weighted by atomic mass is 16.5. The normalized spacial score (nSPS) is 43.1. The SMILES string of the molecule is CC(C)CCCCC1CCC2C3CC=C4CC(OCCO)CCC4(C)C3CCC12C. The molecule has 7 unspecified atom stereocenters. The van der Waals surface area contributed by atoms with Crippen molar-refractivity contribution in [1.29, 1.82) is 0 Å². The third-order valence-corrected chi connectivity index (χ3v) is 10.3. The second-order valence-electron chi connectivity index (χ2n) is 12.2. The van der Waals surface area contributed by atoms with Crippen LogP contribution in [0.2, 0.25) is 0 Å². The maximum Gasteiger partial charge on any atom is 0.0701 e. The minimum atomic E-state index is 0.149. The summed E-state index contributed by atoms with van der Waals surface area (Å²) in [6.45, 7) is 10.7. The van der Waals surface area contributed by atoms with Crippen LogP contribution in [0.25, 0.3) is 0 Å². The summed E-state index contributed by atoms with van der Waals surface area (Å²) in [7, 11) is 0. The average Bonchev–Trinajstić information content (AvgIpc) is 3.05. The van der Waals surface area contributed by atoms with Crippen LogP contribution in [-0.4, -0.2) is 24.4 Å². The summed E-state index contributed by atoms with van der Waals surface area (Å²) in [5.74, 6) is 4.63. The van der Waals surface area contributed by atoms with E-state index in [0.29, 0.717) is 23.5 Å². The minimum absolute atomic E-state index is 0.149. The number of hydrogen-bond acceptors (Lipinski definition) is 2. The fourth-order valence-corrected chi connectivity index (χ4v) is 8.52. The molecule has 4 aliphatic rings. The van der Waals surface area contributed by atoms with Gasteiger partial charge in [0.25, 0.3) is 0 Å². The molecule has 0 spiro atoms. The van der Waals surface area contributed by atoms with Gasteiger partial charge in [0.2, 0.25) is 0 Å². The van der Waals surface area contributed by atoms with E-state index in [-0.39, 0.29) is 6.61 Å². The first-order valence-corrected chi connectivity index (χ1v) is 13.3. The molecule has 0 radical (unpaired) electrons. The van der Waals surface area contributed by atoms with E-state index in [0.717, 1.165) is 36.0 Å². The number of rotatable bonds is 8. The summed E-state index contributed by atoms with van der Waals surface area (Å²) < 4.78 is 5.93. The Kier molecular flexibility index (Phi) is 7.05. The first kappa shape index (κ1) is 22.8. The summed E-state index contributed by atoms with van der Waals surface area (Å²) in [5.41, 5.74) is 2.73. The summed E-state index contributed by atoms with van der Waals surface area (Å²) >= 11 is 0. The van der Waals surface area contributed by atoms with Crippen LogP contribution in [0.1, 0.15) is 105 Å². The highest BCUT2D eigenvalue weighted by molar-refractivity contribution is 5.25.